The van der Waals surface area contributed by atoms with Crippen molar-refractivity contribution < 1.29 is 23.5 Å². The average Bonchev–Trinajstić information content (AvgIpc) is 3.17. The largest absolute Gasteiger partial charge is 0.489 e. The number of para-hydroxylation sites is 1. The molecule has 1 N–H and O–H groups in total. The summed E-state index contributed by atoms with van der Waals surface area (Å²) in [7, 11) is 0. The van der Waals surface area contributed by atoms with Crippen LogP contribution in [0.1, 0.15) is 16.1 Å². The Morgan fingerprint density at radius 3 is 2.70 bits per heavy atom. The molecule has 2 heterocycles. The van der Waals surface area contributed by atoms with E-state index >= 15 is 0 Å². The summed E-state index contributed by atoms with van der Waals surface area (Å²) in [6.45, 7) is 0.234. The van der Waals surface area contributed by atoms with E-state index in [1.165, 1.54) is 12.3 Å². The molecule has 114 valence electrons. The third-order valence-corrected chi connectivity index (χ3v) is 3.62. The first-order valence-electron chi connectivity index (χ1n) is 7.05. The van der Waals surface area contributed by atoms with Crippen LogP contribution in [0.3, 0.4) is 0 Å². The lowest BCUT2D eigenvalue weighted by molar-refractivity contribution is 0.0662. The number of aromatic carboxylic acids is 1. The topological polar surface area (TPSA) is 72.8 Å². The molecule has 0 amide bonds. The maximum Gasteiger partial charge on any atom is 0.371 e. The molecule has 0 radical (unpaired) electrons. The molecule has 0 saturated carbocycles. The van der Waals surface area contributed by atoms with Crippen molar-refractivity contribution in [3.63, 3.8) is 0 Å². The van der Waals surface area contributed by atoms with E-state index in [0.717, 1.165) is 21.9 Å². The second kappa shape index (κ2) is 5.21. The van der Waals surface area contributed by atoms with Crippen LogP contribution in [0.2, 0.25) is 0 Å². The Hall–Kier alpha value is -3.21. The van der Waals surface area contributed by atoms with Crippen LogP contribution in [-0.4, -0.2) is 11.1 Å². The van der Waals surface area contributed by atoms with Gasteiger partial charge in [0.05, 0.1) is 6.26 Å². The smallest absolute Gasteiger partial charge is 0.371 e. The van der Waals surface area contributed by atoms with Crippen molar-refractivity contribution in [1.82, 2.24) is 0 Å². The van der Waals surface area contributed by atoms with E-state index in [1.54, 1.807) is 0 Å². The molecule has 0 saturated heterocycles. The van der Waals surface area contributed by atoms with Crippen LogP contribution in [0.5, 0.6) is 5.75 Å². The highest BCUT2D eigenvalue weighted by Crippen LogP contribution is 2.31. The Morgan fingerprint density at radius 1 is 1.04 bits per heavy atom. The van der Waals surface area contributed by atoms with Gasteiger partial charge >= 0.3 is 5.97 Å². The molecule has 4 aromatic rings. The number of carboxylic acids is 1. The lowest BCUT2D eigenvalue weighted by Crippen LogP contribution is -1.95. The van der Waals surface area contributed by atoms with Crippen LogP contribution in [-0.2, 0) is 6.61 Å². The van der Waals surface area contributed by atoms with Gasteiger partial charge in [0.15, 0.2) is 0 Å². The molecule has 0 aliphatic rings. The fraction of sp³-hybridized carbons (Fsp3) is 0.0556. The molecule has 0 bridgehead atoms. The van der Waals surface area contributed by atoms with E-state index in [4.69, 9.17) is 18.7 Å². The van der Waals surface area contributed by atoms with Crippen molar-refractivity contribution in [2.24, 2.45) is 0 Å². The minimum absolute atomic E-state index is 0.0973. The van der Waals surface area contributed by atoms with Crippen molar-refractivity contribution in [3.05, 3.63) is 66.1 Å². The number of hydrogen-bond acceptors (Lipinski definition) is 4. The number of carbonyl (C=O) groups is 1. The van der Waals surface area contributed by atoms with Gasteiger partial charge < -0.3 is 18.7 Å². The molecule has 0 spiro atoms. The Balaban J connectivity index is 1.61. The van der Waals surface area contributed by atoms with Crippen LogP contribution in [0, 0.1) is 0 Å². The van der Waals surface area contributed by atoms with Gasteiger partial charge in [0.2, 0.25) is 5.76 Å². The number of furan rings is 2. The molecule has 4 rings (SSSR count). The van der Waals surface area contributed by atoms with Crippen LogP contribution in [0.4, 0.5) is 0 Å². The van der Waals surface area contributed by atoms with Gasteiger partial charge in [-0.25, -0.2) is 4.79 Å². The van der Waals surface area contributed by atoms with Gasteiger partial charge in [0.25, 0.3) is 0 Å². The Bertz CT molecular complexity index is 1010. The monoisotopic (exact) mass is 308 g/mol. The molecule has 0 unspecified atom stereocenters. The minimum Gasteiger partial charge on any atom is -0.489 e. The molecule has 0 atom stereocenters. The first-order valence-corrected chi connectivity index (χ1v) is 7.05. The summed E-state index contributed by atoms with van der Waals surface area (Å²) in [5.41, 5.74) is 2.30. The van der Waals surface area contributed by atoms with Gasteiger partial charge in [-0.1, -0.05) is 18.2 Å². The lowest BCUT2D eigenvalue weighted by atomic mass is 10.1. The SMILES string of the molecule is O=C(O)c1cc(COc2ccc3oc4ccccc4c3c2)co1. The predicted octanol–water partition coefficient (Wildman–Crippen LogP) is 4.46. The third-order valence-electron chi connectivity index (χ3n) is 3.62. The third kappa shape index (κ3) is 2.42. The van der Waals surface area contributed by atoms with Gasteiger partial charge in [0.1, 0.15) is 23.5 Å². The van der Waals surface area contributed by atoms with Crippen LogP contribution in [0.15, 0.2) is 63.6 Å². The van der Waals surface area contributed by atoms with Crippen molar-refractivity contribution in [3.8, 4) is 5.75 Å². The maximum absolute atomic E-state index is 10.8. The van der Waals surface area contributed by atoms with Gasteiger partial charge in [-0.05, 0) is 30.3 Å². The molecular weight excluding hydrogens is 296 g/mol. The van der Waals surface area contributed by atoms with Gasteiger partial charge in [-0.15, -0.1) is 0 Å². The second-order valence-electron chi connectivity index (χ2n) is 5.17. The van der Waals surface area contributed by atoms with E-state index < -0.39 is 5.97 Å². The fourth-order valence-electron chi connectivity index (χ4n) is 2.53. The molecule has 23 heavy (non-hydrogen) atoms. The second-order valence-corrected chi connectivity index (χ2v) is 5.17. The maximum atomic E-state index is 10.8. The molecule has 5 nitrogen and oxygen atoms in total. The summed E-state index contributed by atoms with van der Waals surface area (Å²) in [5, 5.41) is 10.8. The minimum atomic E-state index is -1.09. The van der Waals surface area contributed by atoms with E-state index in [-0.39, 0.29) is 12.4 Å². The zero-order chi connectivity index (χ0) is 15.8. The molecule has 2 aromatic carbocycles. The summed E-state index contributed by atoms with van der Waals surface area (Å²) < 4.78 is 16.4. The predicted molar refractivity (Wildman–Crippen MR) is 83.7 cm³/mol. The van der Waals surface area contributed by atoms with Gasteiger partial charge in [0, 0.05) is 16.3 Å². The normalized spacial score (nSPS) is 11.1. The quantitative estimate of drug-likeness (QED) is 0.602. The zero-order valence-electron chi connectivity index (χ0n) is 12.0. The Morgan fingerprint density at radius 2 is 1.87 bits per heavy atom. The number of ether oxygens (including phenoxy) is 1. The van der Waals surface area contributed by atoms with Crippen molar-refractivity contribution in [2.45, 2.75) is 6.61 Å². The van der Waals surface area contributed by atoms with Crippen molar-refractivity contribution >= 4 is 27.9 Å². The number of hydrogen-bond donors (Lipinski definition) is 1. The van der Waals surface area contributed by atoms with Gasteiger partial charge in [-0.3, -0.25) is 0 Å². The zero-order valence-corrected chi connectivity index (χ0v) is 12.0. The summed E-state index contributed by atoms with van der Waals surface area (Å²) in [6, 6.07) is 14.9. The molecule has 5 heteroatoms. The summed E-state index contributed by atoms with van der Waals surface area (Å²) in [5.74, 6) is -0.510. The highest BCUT2D eigenvalue weighted by Gasteiger charge is 2.10. The van der Waals surface area contributed by atoms with Crippen LogP contribution < -0.4 is 4.74 Å². The fourth-order valence-corrected chi connectivity index (χ4v) is 2.53. The number of carboxylic acid groups (broad SMARTS) is 1. The molecule has 0 aliphatic carbocycles. The van der Waals surface area contributed by atoms with Crippen LogP contribution >= 0.6 is 0 Å². The number of rotatable bonds is 4. The lowest BCUT2D eigenvalue weighted by Gasteiger charge is -2.04. The first-order chi connectivity index (χ1) is 11.2. The summed E-state index contributed by atoms with van der Waals surface area (Å²) >= 11 is 0. The van der Waals surface area contributed by atoms with Crippen molar-refractivity contribution in [2.75, 3.05) is 0 Å². The average molecular weight is 308 g/mol. The molecule has 0 fully saturated rings. The number of benzene rings is 2. The van der Waals surface area contributed by atoms with E-state index in [1.807, 2.05) is 42.5 Å². The van der Waals surface area contributed by atoms with Crippen LogP contribution in [0.25, 0.3) is 21.9 Å². The Kier molecular flexibility index (Phi) is 3.05. The molecule has 0 aliphatic heterocycles. The van der Waals surface area contributed by atoms with E-state index in [0.29, 0.717) is 11.3 Å². The Labute approximate surface area is 130 Å². The number of fused-ring (bicyclic) bond motifs is 3. The highest BCUT2D eigenvalue weighted by molar-refractivity contribution is 6.05. The molecular formula is C18H12O5. The highest BCUT2D eigenvalue weighted by atomic mass is 16.5. The summed E-state index contributed by atoms with van der Waals surface area (Å²) in [4.78, 5) is 10.8. The summed E-state index contributed by atoms with van der Waals surface area (Å²) in [6.07, 6.45) is 1.38. The van der Waals surface area contributed by atoms with E-state index in [2.05, 4.69) is 0 Å². The molecule has 2 aromatic heterocycles. The van der Waals surface area contributed by atoms with E-state index in [9.17, 15) is 4.79 Å². The van der Waals surface area contributed by atoms with Gasteiger partial charge in [-0.2, -0.15) is 0 Å². The van der Waals surface area contributed by atoms with Crippen molar-refractivity contribution in [1.29, 1.82) is 0 Å². The standard InChI is InChI=1S/C18H12O5/c19-18(20)17-7-11(10-22-17)9-21-12-5-6-16-14(8-12)13-3-1-2-4-15(13)23-16/h1-8,10H,9H2,(H,19,20). The first kappa shape index (κ1) is 13.5.